The zero-order valence-corrected chi connectivity index (χ0v) is 10.4. The van der Waals surface area contributed by atoms with Crippen LogP contribution < -0.4 is 5.32 Å². The first-order valence-corrected chi connectivity index (χ1v) is 6.22. The van der Waals surface area contributed by atoms with Gasteiger partial charge in [-0.05, 0) is 49.9 Å². The minimum absolute atomic E-state index is 0.0143. The van der Waals surface area contributed by atoms with Crippen molar-refractivity contribution in [3.8, 4) is 0 Å². The first kappa shape index (κ1) is 12.4. The molecule has 1 aromatic rings. The van der Waals surface area contributed by atoms with E-state index >= 15 is 0 Å². The average Bonchev–Trinajstić information content (AvgIpc) is 2.68. The quantitative estimate of drug-likeness (QED) is 0.809. The highest BCUT2D eigenvalue weighted by Gasteiger charge is 2.26. The number of carbonyl (C=O) groups excluding carboxylic acids is 1. The van der Waals surface area contributed by atoms with Gasteiger partial charge < -0.3 is 5.32 Å². The van der Waals surface area contributed by atoms with Crippen LogP contribution in [0.3, 0.4) is 0 Å². The molecule has 92 valence electrons. The van der Waals surface area contributed by atoms with Crippen molar-refractivity contribution in [2.24, 2.45) is 0 Å². The molecule has 1 amide bonds. The first-order valence-electron chi connectivity index (χ1n) is 5.79. The van der Waals surface area contributed by atoms with Gasteiger partial charge in [0.05, 0.1) is 5.38 Å². The zero-order valence-electron chi connectivity index (χ0n) is 9.67. The molecule has 2 atom stereocenters. The Labute approximate surface area is 105 Å². The molecule has 0 heterocycles. The Morgan fingerprint density at radius 3 is 2.82 bits per heavy atom. The van der Waals surface area contributed by atoms with Crippen LogP contribution in [0.15, 0.2) is 18.2 Å². The summed E-state index contributed by atoms with van der Waals surface area (Å²) in [5.74, 6) is -0.469. The molecule has 0 spiro atoms. The highest BCUT2D eigenvalue weighted by atomic mass is 35.5. The molecule has 1 aromatic carbocycles. The lowest BCUT2D eigenvalue weighted by atomic mass is 10.1. The summed E-state index contributed by atoms with van der Waals surface area (Å²) >= 11 is 6.09. The molecule has 0 aliphatic heterocycles. The first-order chi connectivity index (χ1) is 8.08. The van der Waals surface area contributed by atoms with Crippen LogP contribution in [0.2, 0.25) is 0 Å². The minimum Gasteiger partial charge on any atom is -0.348 e. The van der Waals surface area contributed by atoms with Crippen molar-refractivity contribution in [3.05, 3.63) is 35.1 Å². The largest absolute Gasteiger partial charge is 0.348 e. The lowest BCUT2D eigenvalue weighted by molar-refractivity contribution is 0.0938. The molecule has 0 saturated heterocycles. The van der Waals surface area contributed by atoms with Crippen LogP contribution in [0.4, 0.5) is 4.39 Å². The third kappa shape index (κ3) is 2.78. The molecular formula is C13H15ClFNO. The molecule has 1 aliphatic rings. The molecule has 2 rings (SSSR count). The summed E-state index contributed by atoms with van der Waals surface area (Å²) in [6.45, 7) is 1.64. The zero-order chi connectivity index (χ0) is 12.4. The van der Waals surface area contributed by atoms with Gasteiger partial charge in [-0.15, -0.1) is 11.6 Å². The van der Waals surface area contributed by atoms with Gasteiger partial charge in [0, 0.05) is 11.6 Å². The molecule has 1 fully saturated rings. The third-order valence-corrected chi connectivity index (χ3v) is 3.69. The molecule has 4 heteroatoms. The van der Waals surface area contributed by atoms with E-state index < -0.39 is 0 Å². The van der Waals surface area contributed by atoms with E-state index in [4.69, 9.17) is 11.6 Å². The maximum absolute atomic E-state index is 13.1. The van der Waals surface area contributed by atoms with Gasteiger partial charge in [-0.3, -0.25) is 4.79 Å². The maximum atomic E-state index is 13.1. The number of aryl methyl sites for hydroxylation is 1. The number of nitrogens with one attached hydrogen (secondary N) is 1. The Kier molecular flexibility index (Phi) is 3.67. The van der Waals surface area contributed by atoms with Crippen molar-refractivity contribution in [1.82, 2.24) is 5.32 Å². The topological polar surface area (TPSA) is 29.1 Å². The monoisotopic (exact) mass is 255 g/mol. The molecule has 2 unspecified atom stereocenters. The number of hydrogen-bond donors (Lipinski definition) is 1. The Bertz CT molecular complexity index is 435. The highest BCUT2D eigenvalue weighted by Crippen LogP contribution is 2.24. The molecule has 1 N–H and O–H groups in total. The van der Waals surface area contributed by atoms with Crippen LogP contribution in [-0.4, -0.2) is 17.3 Å². The standard InChI is InChI=1S/C13H15ClFNO/c1-8-7-9(5-6-11(8)15)13(17)16-12-4-2-3-10(12)14/h5-7,10,12H,2-4H2,1H3,(H,16,17). The molecule has 1 saturated carbocycles. The number of halogens is 2. The summed E-state index contributed by atoms with van der Waals surface area (Å²) in [7, 11) is 0. The van der Waals surface area contributed by atoms with E-state index in [1.165, 1.54) is 12.1 Å². The molecule has 0 bridgehead atoms. The van der Waals surface area contributed by atoms with Crippen LogP contribution >= 0.6 is 11.6 Å². The van der Waals surface area contributed by atoms with Crippen molar-refractivity contribution >= 4 is 17.5 Å². The summed E-state index contributed by atoms with van der Waals surface area (Å²) in [6.07, 6.45) is 2.90. The van der Waals surface area contributed by atoms with Crippen LogP contribution in [0.5, 0.6) is 0 Å². The number of hydrogen-bond acceptors (Lipinski definition) is 1. The average molecular weight is 256 g/mol. The second-order valence-electron chi connectivity index (χ2n) is 4.49. The van der Waals surface area contributed by atoms with E-state index in [0.717, 1.165) is 19.3 Å². The number of carbonyl (C=O) groups is 1. The summed E-state index contributed by atoms with van der Waals surface area (Å²) < 4.78 is 13.1. The van der Waals surface area contributed by atoms with Crippen molar-refractivity contribution in [2.75, 3.05) is 0 Å². The second-order valence-corrected chi connectivity index (χ2v) is 5.05. The van der Waals surface area contributed by atoms with Crippen molar-refractivity contribution in [3.63, 3.8) is 0 Å². The Morgan fingerprint density at radius 2 is 2.24 bits per heavy atom. The van der Waals surface area contributed by atoms with Crippen LogP contribution in [-0.2, 0) is 0 Å². The minimum atomic E-state index is -0.294. The SMILES string of the molecule is Cc1cc(C(=O)NC2CCCC2Cl)ccc1F. The lowest BCUT2D eigenvalue weighted by Gasteiger charge is -2.16. The van der Waals surface area contributed by atoms with E-state index in [0.29, 0.717) is 11.1 Å². The fraction of sp³-hybridized carbons (Fsp3) is 0.462. The van der Waals surface area contributed by atoms with Gasteiger partial charge in [-0.25, -0.2) is 4.39 Å². The van der Waals surface area contributed by atoms with E-state index in [9.17, 15) is 9.18 Å². The number of rotatable bonds is 2. The summed E-state index contributed by atoms with van der Waals surface area (Å²) in [5.41, 5.74) is 0.964. The predicted molar refractivity (Wildman–Crippen MR) is 65.9 cm³/mol. The van der Waals surface area contributed by atoms with E-state index in [2.05, 4.69) is 5.32 Å². The van der Waals surface area contributed by atoms with Crippen LogP contribution in [0.1, 0.15) is 35.2 Å². The molecule has 1 aliphatic carbocycles. The third-order valence-electron chi connectivity index (χ3n) is 3.17. The van der Waals surface area contributed by atoms with Gasteiger partial charge in [0.25, 0.3) is 5.91 Å². The van der Waals surface area contributed by atoms with Crippen molar-refractivity contribution in [1.29, 1.82) is 0 Å². The molecule has 0 radical (unpaired) electrons. The maximum Gasteiger partial charge on any atom is 0.251 e. The van der Waals surface area contributed by atoms with Crippen LogP contribution in [0.25, 0.3) is 0 Å². The second kappa shape index (κ2) is 5.05. The van der Waals surface area contributed by atoms with Gasteiger partial charge in [0.2, 0.25) is 0 Å². The Balaban J connectivity index is 2.06. The summed E-state index contributed by atoms with van der Waals surface area (Å²) in [5, 5.41) is 2.91. The van der Waals surface area contributed by atoms with Gasteiger partial charge in [-0.1, -0.05) is 0 Å². The fourth-order valence-corrected chi connectivity index (χ4v) is 2.46. The summed E-state index contributed by atoms with van der Waals surface area (Å²) in [4.78, 5) is 11.9. The van der Waals surface area contributed by atoms with Gasteiger partial charge in [0.15, 0.2) is 0 Å². The van der Waals surface area contributed by atoms with Crippen LogP contribution in [0, 0.1) is 12.7 Å². The van der Waals surface area contributed by atoms with Gasteiger partial charge >= 0.3 is 0 Å². The number of alkyl halides is 1. The van der Waals surface area contributed by atoms with Gasteiger partial charge in [0.1, 0.15) is 5.82 Å². The van der Waals surface area contributed by atoms with Gasteiger partial charge in [-0.2, -0.15) is 0 Å². The highest BCUT2D eigenvalue weighted by molar-refractivity contribution is 6.21. The Morgan fingerprint density at radius 1 is 1.47 bits per heavy atom. The van der Waals surface area contributed by atoms with E-state index in [1.807, 2.05) is 0 Å². The Hall–Kier alpha value is -1.09. The lowest BCUT2D eigenvalue weighted by Crippen LogP contribution is -2.37. The van der Waals surface area contributed by atoms with Crippen molar-refractivity contribution in [2.45, 2.75) is 37.6 Å². The van der Waals surface area contributed by atoms with E-state index in [1.54, 1.807) is 13.0 Å². The number of amides is 1. The molecule has 2 nitrogen and oxygen atoms in total. The van der Waals surface area contributed by atoms with Crippen molar-refractivity contribution < 1.29 is 9.18 Å². The molecule has 17 heavy (non-hydrogen) atoms. The molecule has 0 aromatic heterocycles. The smallest absolute Gasteiger partial charge is 0.251 e. The molecular weight excluding hydrogens is 241 g/mol. The fourth-order valence-electron chi connectivity index (χ4n) is 2.12. The summed E-state index contributed by atoms with van der Waals surface area (Å²) in [6, 6.07) is 4.41. The number of benzene rings is 1. The predicted octanol–water partition coefficient (Wildman–Crippen LogP) is 3.02. The normalized spacial score (nSPS) is 23.7. The van der Waals surface area contributed by atoms with E-state index in [-0.39, 0.29) is 23.1 Å².